The van der Waals surface area contributed by atoms with E-state index in [1.807, 2.05) is 13.1 Å². The van der Waals surface area contributed by atoms with E-state index in [-0.39, 0.29) is 5.56 Å². The number of nitrogens with one attached hydrogen (secondary N) is 1. The summed E-state index contributed by atoms with van der Waals surface area (Å²) in [6.07, 6.45) is 3.11. The van der Waals surface area contributed by atoms with Crippen molar-refractivity contribution >= 4 is 5.97 Å². The molecule has 6 nitrogen and oxygen atoms in total. The van der Waals surface area contributed by atoms with E-state index in [2.05, 4.69) is 15.4 Å². The van der Waals surface area contributed by atoms with Crippen LogP contribution in [0.3, 0.4) is 0 Å². The fourth-order valence-corrected chi connectivity index (χ4v) is 1.55. The minimum absolute atomic E-state index is 0.199. The molecule has 2 N–H and O–H groups in total. The quantitative estimate of drug-likeness (QED) is 0.815. The van der Waals surface area contributed by atoms with Crippen LogP contribution in [0.4, 0.5) is 0 Å². The van der Waals surface area contributed by atoms with Gasteiger partial charge in [0.05, 0.1) is 17.0 Å². The van der Waals surface area contributed by atoms with Crippen molar-refractivity contribution in [3.63, 3.8) is 0 Å². The first-order valence-electron chi connectivity index (χ1n) is 5.52. The van der Waals surface area contributed by atoms with E-state index in [0.717, 1.165) is 11.4 Å². The second kappa shape index (κ2) is 5.42. The van der Waals surface area contributed by atoms with Gasteiger partial charge in [0.15, 0.2) is 0 Å². The Kier molecular flexibility index (Phi) is 3.69. The van der Waals surface area contributed by atoms with Crippen molar-refractivity contribution in [2.24, 2.45) is 7.05 Å². The van der Waals surface area contributed by atoms with Crippen LogP contribution in [0.2, 0.25) is 0 Å². The van der Waals surface area contributed by atoms with Gasteiger partial charge in [0.2, 0.25) is 0 Å². The van der Waals surface area contributed by atoms with Gasteiger partial charge >= 0.3 is 5.97 Å². The van der Waals surface area contributed by atoms with Crippen LogP contribution in [-0.4, -0.2) is 25.8 Å². The first-order valence-corrected chi connectivity index (χ1v) is 5.52. The molecule has 0 spiro atoms. The molecule has 0 aliphatic heterocycles. The molecule has 0 saturated carbocycles. The molecular formula is C12H14N4O2. The van der Waals surface area contributed by atoms with Crippen molar-refractivity contribution in [3.05, 3.63) is 47.5 Å². The number of hydrogen-bond donors (Lipinski definition) is 2. The summed E-state index contributed by atoms with van der Waals surface area (Å²) in [5.41, 5.74) is 2.09. The summed E-state index contributed by atoms with van der Waals surface area (Å²) in [6, 6.07) is 5.20. The van der Waals surface area contributed by atoms with Crippen LogP contribution in [0.25, 0.3) is 0 Å². The predicted octanol–water partition coefficient (Wildman–Crippen LogP) is 0.803. The summed E-state index contributed by atoms with van der Waals surface area (Å²) in [7, 11) is 1.89. The van der Waals surface area contributed by atoms with E-state index in [1.165, 1.54) is 6.20 Å². The fourth-order valence-electron chi connectivity index (χ4n) is 1.55. The second-order valence-corrected chi connectivity index (χ2v) is 3.89. The third-order valence-corrected chi connectivity index (χ3v) is 2.61. The Labute approximate surface area is 104 Å². The molecule has 0 unspecified atom stereocenters. The molecule has 2 aromatic heterocycles. The van der Waals surface area contributed by atoms with Crippen molar-refractivity contribution in [1.29, 1.82) is 0 Å². The van der Waals surface area contributed by atoms with Gasteiger partial charge in [-0.05, 0) is 18.2 Å². The highest BCUT2D eigenvalue weighted by molar-refractivity contribution is 5.87. The van der Waals surface area contributed by atoms with E-state index < -0.39 is 5.97 Å². The number of carbonyl (C=O) groups is 1. The van der Waals surface area contributed by atoms with E-state index in [4.69, 9.17) is 5.11 Å². The molecule has 2 rings (SSSR count). The van der Waals surface area contributed by atoms with E-state index in [1.54, 1.807) is 23.0 Å². The third-order valence-electron chi connectivity index (χ3n) is 2.61. The minimum Gasteiger partial charge on any atom is -0.478 e. The fraction of sp³-hybridized carbons (Fsp3) is 0.250. The highest BCUT2D eigenvalue weighted by atomic mass is 16.4. The summed E-state index contributed by atoms with van der Waals surface area (Å²) < 4.78 is 1.80. The number of hydrogen-bond acceptors (Lipinski definition) is 4. The molecule has 18 heavy (non-hydrogen) atoms. The first kappa shape index (κ1) is 12.3. The number of pyridine rings is 1. The lowest BCUT2D eigenvalue weighted by Gasteiger charge is -2.05. The van der Waals surface area contributed by atoms with Crippen LogP contribution in [0.5, 0.6) is 0 Å². The largest absolute Gasteiger partial charge is 0.478 e. The zero-order chi connectivity index (χ0) is 13.0. The maximum atomic E-state index is 10.7. The zero-order valence-electron chi connectivity index (χ0n) is 10.00. The first-order chi connectivity index (χ1) is 8.66. The van der Waals surface area contributed by atoms with E-state index in [0.29, 0.717) is 13.1 Å². The maximum absolute atomic E-state index is 10.7. The Hall–Kier alpha value is -2.21. The molecule has 0 fully saturated rings. The topological polar surface area (TPSA) is 80.0 Å². The molecule has 0 saturated heterocycles. The molecular weight excluding hydrogens is 232 g/mol. The number of nitrogens with zero attached hydrogens (tertiary/aromatic N) is 3. The van der Waals surface area contributed by atoms with Gasteiger partial charge in [0.25, 0.3) is 0 Å². The van der Waals surface area contributed by atoms with Gasteiger partial charge in [0, 0.05) is 32.5 Å². The van der Waals surface area contributed by atoms with Gasteiger partial charge in [-0.2, -0.15) is 5.10 Å². The highest BCUT2D eigenvalue weighted by Gasteiger charge is 2.03. The Bertz CT molecular complexity index is 533. The SMILES string of the molecule is Cn1nccc1CNCc1ccc(C(=O)O)cn1. The Morgan fingerprint density at radius 1 is 1.39 bits per heavy atom. The standard InChI is InChI=1S/C12H14N4O2/c1-16-11(4-5-15-16)8-13-7-10-3-2-9(6-14-10)12(17)18/h2-6,13H,7-8H2,1H3,(H,17,18). The normalized spacial score (nSPS) is 10.5. The Morgan fingerprint density at radius 2 is 2.22 bits per heavy atom. The van der Waals surface area contributed by atoms with Crippen LogP contribution < -0.4 is 5.32 Å². The number of aromatic carboxylic acids is 1. The van der Waals surface area contributed by atoms with Gasteiger partial charge in [-0.1, -0.05) is 0 Å². The lowest BCUT2D eigenvalue weighted by Crippen LogP contribution is -2.16. The molecule has 0 aromatic carbocycles. The molecule has 2 aromatic rings. The molecule has 0 radical (unpaired) electrons. The maximum Gasteiger partial charge on any atom is 0.337 e. The van der Waals surface area contributed by atoms with Crippen LogP contribution in [0, 0.1) is 0 Å². The molecule has 0 bridgehead atoms. The molecule has 0 atom stereocenters. The van der Waals surface area contributed by atoms with Crippen molar-refractivity contribution in [2.45, 2.75) is 13.1 Å². The Morgan fingerprint density at radius 3 is 2.78 bits per heavy atom. The number of aromatic nitrogens is 3. The van der Waals surface area contributed by atoms with Crippen molar-refractivity contribution < 1.29 is 9.90 Å². The molecule has 0 aliphatic rings. The number of aryl methyl sites for hydroxylation is 1. The van der Waals surface area contributed by atoms with Gasteiger partial charge < -0.3 is 10.4 Å². The van der Waals surface area contributed by atoms with Crippen LogP contribution in [-0.2, 0) is 20.1 Å². The summed E-state index contributed by atoms with van der Waals surface area (Å²) in [6.45, 7) is 1.28. The monoisotopic (exact) mass is 246 g/mol. The highest BCUT2D eigenvalue weighted by Crippen LogP contribution is 2.01. The zero-order valence-corrected chi connectivity index (χ0v) is 10.00. The lowest BCUT2D eigenvalue weighted by molar-refractivity contribution is 0.0696. The van der Waals surface area contributed by atoms with Gasteiger partial charge in [-0.25, -0.2) is 4.79 Å². The number of carboxylic acids is 1. The van der Waals surface area contributed by atoms with E-state index >= 15 is 0 Å². The number of rotatable bonds is 5. The van der Waals surface area contributed by atoms with Crippen LogP contribution in [0.15, 0.2) is 30.6 Å². The molecule has 0 aliphatic carbocycles. The predicted molar refractivity (Wildman–Crippen MR) is 64.9 cm³/mol. The van der Waals surface area contributed by atoms with Gasteiger partial charge in [-0.3, -0.25) is 9.67 Å². The van der Waals surface area contributed by atoms with Crippen LogP contribution in [0.1, 0.15) is 21.7 Å². The van der Waals surface area contributed by atoms with Crippen molar-refractivity contribution in [2.75, 3.05) is 0 Å². The summed E-state index contributed by atoms with van der Waals surface area (Å²) in [5, 5.41) is 16.0. The molecule has 94 valence electrons. The summed E-state index contributed by atoms with van der Waals surface area (Å²) >= 11 is 0. The molecule has 0 amide bonds. The van der Waals surface area contributed by atoms with E-state index in [9.17, 15) is 4.79 Å². The Balaban J connectivity index is 1.87. The molecule has 2 heterocycles. The smallest absolute Gasteiger partial charge is 0.337 e. The molecule has 6 heteroatoms. The minimum atomic E-state index is -0.961. The summed E-state index contributed by atoms with van der Waals surface area (Å²) in [5.74, 6) is -0.961. The second-order valence-electron chi connectivity index (χ2n) is 3.89. The lowest BCUT2D eigenvalue weighted by atomic mass is 10.2. The van der Waals surface area contributed by atoms with Crippen molar-refractivity contribution in [3.8, 4) is 0 Å². The van der Waals surface area contributed by atoms with Gasteiger partial charge in [-0.15, -0.1) is 0 Å². The summed E-state index contributed by atoms with van der Waals surface area (Å²) in [4.78, 5) is 14.7. The number of carboxylic acid groups (broad SMARTS) is 1. The average Bonchev–Trinajstić information content (AvgIpc) is 2.76. The van der Waals surface area contributed by atoms with Crippen LogP contribution >= 0.6 is 0 Å². The third kappa shape index (κ3) is 2.92. The van der Waals surface area contributed by atoms with Crippen molar-refractivity contribution in [1.82, 2.24) is 20.1 Å². The average molecular weight is 246 g/mol. The van der Waals surface area contributed by atoms with Gasteiger partial charge in [0.1, 0.15) is 0 Å².